The average Bonchev–Trinajstić information content (AvgIpc) is 1.95. The molecule has 1 aliphatic rings. The van der Waals surface area contributed by atoms with E-state index in [0.717, 1.165) is 13.2 Å². The maximum atomic E-state index is 5.47. The van der Waals surface area contributed by atoms with E-state index in [1.54, 1.807) is 0 Å². The van der Waals surface area contributed by atoms with Crippen molar-refractivity contribution in [2.24, 2.45) is 0 Å². The van der Waals surface area contributed by atoms with Crippen LogP contribution in [0.25, 0.3) is 0 Å². The molecule has 0 bridgehead atoms. The molecule has 0 spiro atoms. The number of hydrogen-bond acceptors (Lipinski definition) is 3. The fourth-order valence-corrected chi connectivity index (χ4v) is 1.92. The van der Waals surface area contributed by atoms with Crippen LogP contribution >= 0.6 is 11.9 Å². The predicted molar refractivity (Wildman–Crippen MR) is 45.1 cm³/mol. The van der Waals surface area contributed by atoms with Gasteiger partial charge in [0.15, 0.2) is 0 Å². The molecule has 10 heavy (non-hydrogen) atoms. The molecule has 0 aromatic carbocycles. The highest BCUT2D eigenvalue weighted by Gasteiger charge is 2.24. The van der Waals surface area contributed by atoms with Crippen LogP contribution in [0, 0.1) is 0 Å². The van der Waals surface area contributed by atoms with E-state index in [1.807, 2.05) is 11.9 Å². The van der Waals surface area contributed by atoms with Gasteiger partial charge in [0.25, 0.3) is 0 Å². The largest absolute Gasteiger partial charge is 0.375 e. The summed E-state index contributed by atoms with van der Waals surface area (Å²) in [5, 5.41) is 0. The van der Waals surface area contributed by atoms with E-state index >= 15 is 0 Å². The lowest BCUT2D eigenvalue weighted by Gasteiger charge is -2.35. The molecule has 2 nitrogen and oxygen atoms in total. The molecule has 1 heterocycles. The molecule has 0 unspecified atom stereocenters. The lowest BCUT2D eigenvalue weighted by molar-refractivity contribution is -0.0194. The Morgan fingerprint density at radius 2 is 2.20 bits per heavy atom. The Morgan fingerprint density at radius 3 is 2.70 bits per heavy atom. The highest BCUT2D eigenvalue weighted by atomic mass is 32.2. The number of nitrogens with zero attached hydrogens (tertiary/aromatic N) is 1. The molecule has 3 heteroatoms. The molecule has 0 aromatic heterocycles. The number of rotatable bonds is 1. The summed E-state index contributed by atoms with van der Waals surface area (Å²) in [6.07, 6.45) is 2.51. The van der Waals surface area contributed by atoms with Crippen molar-refractivity contribution >= 4 is 11.9 Å². The minimum absolute atomic E-state index is 0.390. The summed E-state index contributed by atoms with van der Waals surface area (Å²) in [5.41, 5.74) is 0. The topological polar surface area (TPSA) is 12.5 Å². The van der Waals surface area contributed by atoms with Crippen molar-refractivity contribution < 1.29 is 4.74 Å². The van der Waals surface area contributed by atoms with Crippen molar-refractivity contribution in [3.05, 3.63) is 0 Å². The fraction of sp³-hybridized carbons (Fsp3) is 1.00. The first-order valence-electron chi connectivity index (χ1n) is 3.68. The first-order valence-corrected chi connectivity index (χ1v) is 4.86. The van der Waals surface area contributed by atoms with Crippen LogP contribution in [0.15, 0.2) is 0 Å². The maximum absolute atomic E-state index is 5.47. The van der Waals surface area contributed by atoms with Gasteiger partial charge in [0.05, 0.1) is 12.7 Å². The van der Waals surface area contributed by atoms with Gasteiger partial charge in [-0.05, 0) is 20.1 Å². The SMILES string of the molecule is CSN1CCO[C@H](C)[C@H]1C. The molecule has 1 aliphatic heterocycles. The van der Waals surface area contributed by atoms with Crippen molar-refractivity contribution in [2.45, 2.75) is 26.0 Å². The van der Waals surface area contributed by atoms with Gasteiger partial charge in [-0.2, -0.15) is 0 Å². The van der Waals surface area contributed by atoms with Gasteiger partial charge in [-0.15, -0.1) is 0 Å². The first-order chi connectivity index (χ1) is 4.75. The zero-order chi connectivity index (χ0) is 7.56. The molecule has 0 radical (unpaired) electrons. The molecular formula is C7H15NOS. The van der Waals surface area contributed by atoms with Gasteiger partial charge in [-0.3, -0.25) is 0 Å². The molecule has 2 atom stereocenters. The summed E-state index contributed by atoms with van der Waals surface area (Å²) < 4.78 is 7.84. The van der Waals surface area contributed by atoms with Crippen LogP contribution in [0.5, 0.6) is 0 Å². The van der Waals surface area contributed by atoms with E-state index in [0.29, 0.717) is 12.1 Å². The van der Waals surface area contributed by atoms with E-state index in [9.17, 15) is 0 Å². The van der Waals surface area contributed by atoms with Crippen LogP contribution < -0.4 is 0 Å². The van der Waals surface area contributed by atoms with E-state index in [1.165, 1.54) is 0 Å². The minimum atomic E-state index is 0.390. The number of ether oxygens (including phenoxy) is 1. The predicted octanol–water partition coefficient (Wildman–Crippen LogP) is 1.37. The fourth-order valence-electron chi connectivity index (χ4n) is 1.16. The Kier molecular flexibility index (Phi) is 3.01. The zero-order valence-corrected chi connectivity index (χ0v) is 7.65. The van der Waals surface area contributed by atoms with Crippen molar-refractivity contribution in [1.29, 1.82) is 0 Å². The summed E-state index contributed by atoms with van der Waals surface area (Å²) in [6, 6.07) is 0.559. The van der Waals surface area contributed by atoms with E-state index in [4.69, 9.17) is 4.74 Å². The normalized spacial score (nSPS) is 36.3. The second-order valence-corrected chi connectivity index (χ2v) is 3.47. The van der Waals surface area contributed by atoms with Crippen LogP contribution in [0.4, 0.5) is 0 Å². The lowest BCUT2D eigenvalue weighted by atomic mass is 10.2. The van der Waals surface area contributed by atoms with Crippen LogP contribution in [-0.2, 0) is 4.74 Å². The quantitative estimate of drug-likeness (QED) is 0.539. The summed E-state index contributed by atoms with van der Waals surface area (Å²) in [5.74, 6) is 0. The highest BCUT2D eigenvalue weighted by molar-refractivity contribution is 7.96. The highest BCUT2D eigenvalue weighted by Crippen LogP contribution is 2.19. The maximum Gasteiger partial charge on any atom is 0.0709 e. The van der Waals surface area contributed by atoms with Crippen molar-refractivity contribution in [1.82, 2.24) is 4.31 Å². The molecule has 60 valence electrons. The lowest BCUT2D eigenvalue weighted by Crippen LogP contribution is -2.44. The molecule has 1 saturated heterocycles. The molecule has 0 N–H and O–H groups in total. The van der Waals surface area contributed by atoms with E-state index < -0.39 is 0 Å². The van der Waals surface area contributed by atoms with Gasteiger partial charge in [-0.25, -0.2) is 4.31 Å². The number of morpholine rings is 1. The Morgan fingerprint density at radius 1 is 1.50 bits per heavy atom. The third kappa shape index (κ3) is 1.65. The molecule has 0 saturated carbocycles. The van der Waals surface area contributed by atoms with E-state index in [-0.39, 0.29) is 0 Å². The first kappa shape index (κ1) is 8.37. The van der Waals surface area contributed by atoms with Gasteiger partial charge >= 0.3 is 0 Å². The average molecular weight is 161 g/mol. The third-order valence-corrected chi connectivity index (χ3v) is 3.04. The van der Waals surface area contributed by atoms with Crippen molar-refractivity contribution in [3.8, 4) is 0 Å². The second-order valence-electron chi connectivity index (χ2n) is 2.64. The van der Waals surface area contributed by atoms with Crippen LogP contribution in [0.3, 0.4) is 0 Å². The van der Waals surface area contributed by atoms with Crippen LogP contribution in [-0.4, -0.2) is 35.9 Å². The van der Waals surface area contributed by atoms with Gasteiger partial charge in [0, 0.05) is 12.6 Å². The minimum Gasteiger partial charge on any atom is -0.375 e. The molecule has 0 aliphatic carbocycles. The third-order valence-electron chi connectivity index (χ3n) is 2.06. The van der Waals surface area contributed by atoms with Gasteiger partial charge in [0.1, 0.15) is 0 Å². The Hall–Kier alpha value is 0.270. The molecule has 1 fully saturated rings. The Balaban J connectivity index is 2.42. The monoisotopic (exact) mass is 161 g/mol. The van der Waals surface area contributed by atoms with Gasteiger partial charge in [-0.1, -0.05) is 11.9 Å². The molecule has 0 aromatic rings. The molecule has 1 rings (SSSR count). The van der Waals surface area contributed by atoms with Crippen LogP contribution in [0.2, 0.25) is 0 Å². The van der Waals surface area contributed by atoms with Crippen molar-refractivity contribution in [3.63, 3.8) is 0 Å². The van der Waals surface area contributed by atoms with E-state index in [2.05, 4.69) is 24.4 Å². The number of hydrogen-bond donors (Lipinski definition) is 0. The second kappa shape index (κ2) is 3.60. The van der Waals surface area contributed by atoms with Gasteiger partial charge < -0.3 is 4.74 Å². The molecule has 0 amide bonds. The molecular weight excluding hydrogens is 146 g/mol. The summed E-state index contributed by atoms with van der Waals surface area (Å²) in [6.45, 7) is 6.28. The van der Waals surface area contributed by atoms with Gasteiger partial charge in [0.2, 0.25) is 0 Å². The summed E-state index contributed by atoms with van der Waals surface area (Å²) in [7, 11) is 0. The smallest absolute Gasteiger partial charge is 0.0709 e. The zero-order valence-electron chi connectivity index (χ0n) is 6.83. The standard InChI is InChI=1S/C7H15NOS/c1-6-7(2)9-5-4-8(6)10-3/h6-7H,4-5H2,1-3H3/t6-,7-/m1/s1. The summed E-state index contributed by atoms with van der Waals surface area (Å²) in [4.78, 5) is 0. The Labute approximate surface area is 67.1 Å². The van der Waals surface area contributed by atoms with Crippen molar-refractivity contribution in [2.75, 3.05) is 19.4 Å². The Bertz CT molecular complexity index is 110. The summed E-state index contributed by atoms with van der Waals surface area (Å²) >= 11 is 1.81. The van der Waals surface area contributed by atoms with Crippen LogP contribution in [0.1, 0.15) is 13.8 Å².